The monoisotopic (exact) mass is 310 g/mol. The summed E-state index contributed by atoms with van der Waals surface area (Å²) >= 11 is 3.29. The number of anilines is 1. The molecule has 0 saturated heterocycles. The largest absolute Gasteiger partial charge is 0.398 e. The quantitative estimate of drug-likeness (QED) is 0.841. The van der Waals surface area contributed by atoms with Crippen LogP contribution in [0.15, 0.2) is 27.2 Å². The van der Waals surface area contributed by atoms with Crippen LogP contribution < -0.4 is 11.1 Å². The molecule has 7 heteroatoms. The normalized spacial score (nSPS) is 10.3. The Bertz CT molecular complexity index is 582. The molecule has 3 N–H and O–H groups in total. The van der Waals surface area contributed by atoms with Gasteiger partial charge in [0, 0.05) is 17.1 Å². The van der Waals surface area contributed by atoms with Gasteiger partial charge < -0.3 is 15.6 Å². The van der Waals surface area contributed by atoms with Gasteiger partial charge >= 0.3 is 0 Å². The standard InChI is InChI=1S/C11H11BrN4O2/c1-6-15-10(16-18-6)5-14-11(17)8-4-7(12)2-3-9(8)13/h2-4H,5,13H2,1H3,(H,14,17). The Hall–Kier alpha value is -1.89. The lowest BCUT2D eigenvalue weighted by Gasteiger charge is -2.06. The fourth-order valence-electron chi connectivity index (χ4n) is 1.39. The topological polar surface area (TPSA) is 94.0 Å². The van der Waals surface area contributed by atoms with Crippen LogP contribution in [0.2, 0.25) is 0 Å². The first kappa shape index (κ1) is 12.6. The van der Waals surface area contributed by atoms with E-state index in [0.717, 1.165) is 4.47 Å². The number of aromatic nitrogens is 2. The van der Waals surface area contributed by atoms with Crippen LogP contribution in [0.5, 0.6) is 0 Å². The maximum Gasteiger partial charge on any atom is 0.253 e. The highest BCUT2D eigenvalue weighted by Crippen LogP contribution is 2.18. The molecule has 0 bridgehead atoms. The Morgan fingerprint density at radius 3 is 3.00 bits per heavy atom. The van der Waals surface area contributed by atoms with E-state index in [-0.39, 0.29) is 12.5 Å². The maximum atomic E-state index is 11.9. The van der Waals surface area contributed by atoms with Crippen molar-refractivity contribution in [1.82, 2.24) is 15.5 Å². The van der Waals surface area contributed by atoms with Crippen LogP contribution in [0, 0.1) is 6.92 Å². The molecular weight excluding hydrogens is 300 g/mol. The molecule has 0 spiro atoms. The summed E-state index contributed by atoms with van der Waals surface area (Å²) in [5.41, 5.74) is 6.56. The van der Waals surface area contributed by atoms with Crippen LogP contribution in [-0.4, -0.2) is 16.0 Å². The number of benzene rings is 1. The van der Waals surface area contributed by atoms with Gasteiger partial charge in [0.15, 0.2) is 5.82 Å². The lowest BCUT2D eigenvalue weighted by Crippen LogP contribution is -2.24. The van der Waals surface area contributed by atoms with Crippen molar-refractivity contribution < 1.29 is 9.32 Å². The average Bonchev–Trinajstić information content (AvgIpc) is 2.75. The Morgan fingerprint density at radius 2 is 2.33 bits per heavy atom. The van der Waals surface area contributed by atoms with Gasteiger partial charge in [-0.25, -0.2) is 0 Å². The zero-order valence-corrected chi connectivity index (χ0v) is 11.2. The zero-order chi connectivity index (χ0) is 13.1. The summed E-state index contributed by atoms with van der Waals surface area (Å²) in [6, 6.07) is 5.10. The molecule has 2 rings (SSSR count). The van der Waals surface area contributed by atoms with Crippen molar-refractivity contribution in [2.45, 2.75) is 13.5 Å². The first-order chi connectivity index (χ1) is 8.56. The SMILES string of the molecule is Cc1nc(CNC(=O)c2cc(Br)ccc2N)no1. The minimum Gasteiger partial charge on any atom is -0.398 e. The van der Waals surface area contributed by atoms with Crippen molar-refractivity contribution in [3.05, 3.63) is 40.0 Å². The van der Waals surface area contributed by atoms with E-state index in [1.54, 1.807) is 25.1 Å². The van der Waals surface area contributed by atoms with E-state index in [9.17, 15) is 4.79 Å². The first-order valence-electron chi connectivity index (χ1n) is 5.18. The van der Waals surface area contributed by atoms with Gasteiger partial charge in [-0.2, -0.15) is 4.98 Å². The molecular formula is C11H11BrN4O2. The number of rotatable bonds is 3. The second-order valence-electron chi connectivity index (χ2n) is 3.64. The van der Waals surface area contributed by atoms with E-state index in [0.29, 0.717) is 23.0 Å². The van der Waals surface area contributed by atoms with Crippen molar-refractivity contribution in [2.75, 3.05) is 5.73 Å². The van der Waals surface area contributed by atoms with Crippen molar-refractivity contribution in [3.8, 4) is 0 Å². The molecule has 6 nitrogen and oxygen atoms in total. The number of hydrogen-bond donors (Lipinski definition) is 2. The molecule has 94 valence electrons. The summed E-state index contributed by atoms with van der Waals surface area (Å²) < 4.78 is 5.59. The molecule has 0 atom stereocenters. The lowest BCUT2D eigenvalue weighted by molar-refractivity contribution is 0.0950. The Kier molecular flexibility index (Phi) is 3.61. The summed E-state index contributed by atoms with van der Waals surface area (Å²) in [4.78, 5) is 15.9. The van der Waals surface area contributed by atoms with Gasteiger partial charge in [0.05, 0.1) is 12.1 Å². The van der Waals surface area contributed by atoms with Gasteiger partial charge in [0.1, 0.15) is 0 Å². The molecule has 0 fully saturated rings. The smallest absolute Gasteiger partial charge is 0.253 e. The van der Waals surface area contributed by atoms with Crippen LogP contribution in [0.25, 0.3) is 0 Å². The number of aryl methyl sites for hydroxylation is 1. The number of carbonyl (C=O) groups is 1. The van der Waals surface area contributed by atoms with E-state index in [4.69, 9.17) is 10.3 Å². The number of nitrogen functional groups attached to an aromatic ring is 1. The molecule has 0 aliphatic carbocycles. The van der Waals surface area contributed by atoms with Crippen LogP contribution in [0.3, 0.4) is 0 Å². The number of carbonyl (C=O) groups excluding carboxylic acids is 1. The summed E-state index contributed by atoms with van der Waals surface area (Å²) in [6.07, 6.45) is 0. The molecule has 18 heavy (non-hydrogen) atoms. The predicted octanol–water partition coefficient (Wildman–Crippen LogP) is 1.65. The van der Waals surface area contributed by atoms with Gasteiger partial charge in [0.25, 0.3) is 5.91 Å². The fourth-order valence-corrected chi connectivity index (χ4v) is 1.75. The molecule has 1 amide bonds. The molecule has 1 aromatic heterocycles. The highest BCUT2D eigenvalue weighted by atomic mass is 79.9. The third kappa shape index (κ3) is 2.86. The highest BCUT2D eigenvalue weighted by Gasteiger charge is 2.11. The number of nitrogens with one attached hydrogen (secondary N) is 1. The van der Waals surface area contributed by atoms with Gasteiger partial charge in [-0.05, 0) is 18.2 Å². The molecule has 0 saturated carbocycles. The minimum atomic E-state index is -0.281. The van der Waals surface area contributed by atoms with E-state index < -0.39 is 0 Å². The van der Waals surface area contributed by atoms with Gasteiger partial charge in [0.2, 0.25) is 5.89 Å². The molecule has 0 aliphatic rings. The van der Waals surface area contributed by atoms with E-state index in [2.05, 4.69) is 31.4 Å². The third-order valence-corrected chi connectivity index (χ3v) is 2.73. The molecule has 0 unspecified atom stereocenters. The number of nitrogens with two attached hydrogens (primary N) is 1. The van der Waals surface area contributed by atoms with Crippen molar-refractivity contribution in [2.24, 2.45) is 0 Å². The average molecular weight is 311 g/mol. The van der Waals surface area contributed by atoms with Crippen LogP contribution in [-0.2, 0) is 6.54 Å². The van der Waals surface area contributed by atoms with Crippen LogP contribution in [0.1, 0.15) is 22.1 Å². The van der Waals surface area contributed by atoms with Crippen molar-refractivity contribution in [3.63, 3.8) is 0 Å². The van der Waals surface area contributed by atoms with E-state index in [1.807, 2.05) is 0 Å². The summed E-state index contributed by atoms with van der Waals surface area (Å²) in [5.74, 6) is 0.604. The predicted molar refractivity (Wildman–Crippen MR) is 68.8 cm³/mol. The van der Waals surface area contributed by atoms with Gasteiger partial charge in [-0.1, -0.05) is 21.1 Å². The highest BCUT2D eigenvalue weighted by molar-refractivity contribution is 9.10. The third-order valence-electron chi connectivity index (χ3n) is 2.24. The lowest BCUT2D eigenvalue weighted by atomic mass is 10.1. The second kappa shape index (κ2) is 5.18. The molecule has 0 radical (unpaired) electrons. The van der Waals surface area contributed by atoms with E-state index in [1.165, 1.54) is 0 Å². The summed E-state index contributed by atoms with van der Waals surface area (Å²) in [5, 5.41) is 6.35. The Balaban J connectivity index is 2.05. The number of hydrogen-bond acceptors (Lipinski definition) is 5. The molecule has 0 aliphatic heterocycles. The number of halogens is 1. The van der Waals surface area contributed by atoms with Gasteiger partial charge in [-0.15, -0.1) is 0 Å². The summed E-state index contributed by atoms with van der Waals surface area (Å²) in [7, 11) is 0. The van der Waals surface area contributed by atoms with Gasteiger partial charge in [-0.3, -0.25) is 4.79 Å². The second-order valence-corrected chi connectivity index (χ2v) is 4.56. The van der Waals surface area contributed by atoms with Crippen molar-refractivity contribution >= 4 is 27.5 Å². The Labute approximate surface area is 112 Å². The number of nitrogens with zero attached hydrogens (tertiary/aromatic N) is 2. The van der Waals surface area contributed by atoms with Crippen LogP contribution >= 0.6 is 15.9 Å². The fraction of sp³-hybridized carbons (Fsp3) is 0.182. The summed E-state index contributed by atoms with van der Waals surface area (Å²) in [6.45, 7) is 1.88. The zero-order valence-electron chi connectivity index (χ0n) is 9.61. The van der Waals surface area contributed by atoms with E-state index >= 15 is 0 Å². The molecule has 1 heterocycles. The first-order valence-corrected chi connectivity index (χ1v) is 5.98. The minimum absolute atomic E-state index is 0.197. The van der Waals surface area contributed by atoms with Crippen molar-refractivity contribution in [1.29, 1.82) is 0 Å². The Morgan fingerprint density at radius 1 is 1.56 bits per heavy atom. The number of amides is 1. The van der Waals surface area contributed by atoms with Crippen LogP contribution in [0.4, 0.5) is 5.69 Å². The maximum absolute atomic E-state index is 11.9. The molecule has 2 aromatic rings. The molecule has 1 aromatic carbocycles.